The highest BCUT2D eigenvalue weighted by Gasteiger charge is 2.09. The molecule has 2 aromatic carbocycles. The number of aromatic nitrogens is 3. The molecule has 0 saturated carbocycles. The standard InChI is InChI=1S/C21H17N3O3/c1-25-17-8-5-7-15(13-17)21-23-19(24-27-21)11-10-16-12-14-6-3-4-9-18(14)22-20(16)26-2/h3-13H,1-2H3/b11-10+. The van der Waals surface area contributed by atoms with Crippen molar-refractivity contribution in [2.45, 2.75) is 0 Å². The average molecular weight is 359 g/mol. The van der Waals surface area contributed by atoms with Gasteiger partial charge in [0, 0.05) is 16.5 Å². The molecule has 0 fully saturated rings. The number of fused-ring (bicyclic) bond motifs is 1. The van der Waals surface area contributed by atoms with Crippen molar-refractivity contribution < 1.29 is 14.0 Å². The Morgan fingerprint density at radius 3 is 2.63 bits per heavy atom. The zero-order chi connectivity index (χ0) is 18.6. The largest absolute Gasteiger partial charge is 0.497 e. The Kier molecular flexibility index (Phi) is 4.53. The molecule has 134 valence electrons. The third kappa shape index (κ3) is 3.50. The Balaban J connectivity index is 1.63. The van der Waals surface area contributed by atoms with E-state index in [9.17, 15) is 0 Å². The van der Waals surface area contributed by atoms with Crippen LogP contribution < -0.4 is 9.47 Å². The highest BCUT2D eigenvalue weighted by atomic mass is 16.5. The summed E-state index contributed by atoms with van der Waals surface area (Å²) in [5.41, 5.74) is 2.52. The second kappa shape index (κ2) is 7.29. The minimum absolute atomic E-state index is 0.428. The summed E-state index contributed by atoms with van der Waals surface area (Å²) < 4.78 is 16.0. The molecule has 0 aliphatic heterocycles. The molecule has 0 unspecified atom stereocenters. The van der Waals surface area contributed by atoms with Gasteiger partial charge < -0.3 is 14.0 Å². The number of nitrogens with zero attached hydrogens (tertiary/aromatic N) is 3. The van der Waals surface area contributed by atoms with Gasteiger partial charge in [-0.15, -0.1) is 0 Å². The SMILES string of the molecule is COc1cccc(-c2nc(/C=C/c3cc4ccccc4nc3OC)no2)c1. The number of methoxy groups -OCH3 is 2. The molecule has 0 aliphatic rings. The fourth-order valence-electron chi connectivity index (χ4n) is 2.74. The third-order valence-electron chi connectivity index (χ3n) is 4.08. The number of ether oxygens (including phenoxy) is 2. The minimum atomic E-state index is 0.428. The summed E-state index contributed by atoms with van der Waals surface area (Å²) in [6, 6.07) is 17.4. The molecule has 0 radical (unpaired) electrons. The summed E-state index contributed by atoms with van der Waals surface area (Å²) in [6.07, 6.45) is 3.62. The minimum Gasteiger partial charge on any atom is -0.497 e. The second-order valence-corrected chi connectivity index (χ2v) is 5.80. The van der Waals surface area contributed by atoms with E-state index < -0.39 is 0 Å². The Morgan fingerprint density at radius 1 is 0.889 bits per heavy atom. The van der Waals surface area contributed by atoms with Crippen LogP contribution in [0.2, 0.25) is 0 Å². The molecule has 2 heterocycles. The van der Waals surface area contributed by atoms with Crippen LogP contribution in [0.5, 0.6) is 11.6 Å². The maximum atomic E-state index is 5.40. The Morgan fingerprint density at radius 2 is 1.78 bits per heavy atom. The lowest BCUT2D eigenvalue weighted by Gasteiger charge is -2.05. The lowest BCUT2D eigenvalue weighted by molar-refractivity contribution is 0.398. The summed E-state index contributed by atoms with van der Waals surface area (Å²) in [7, 11) is 3.22. The molecular weight excluding hydrogens is 342 g/mol. The molecule has 6 heteroatoms. The van der Waals surface area contributed by atoms with Crippen LogP contribution in [0.1, 0.15) is 11.4 Å². The Labute approximate surface area is 156 Å². The molecule has 4 aromatic rings. The summed E-state index contributed by atoms with van der Waals surface area (Å²) in [5.74, 6) is 2.16. The fourth-order valence-corrected chi connectivity index (χ4v) is 2.74. The first-order valence-corrected chi connectivity index (χ1v) is 8.37. The van der Waals surface area contributed by atoms with Gasteiger partial charge in [-0.1, -0.05) is 29.4 Å². The van der Waals surface area contributed by atoms with Gasteiger partial charge in [-0.3, -0.25) is 0 Å². The quantitative estimate of drug-likeness (QED) is 0.523. The maximum Gasteiger partial charge on any atom is 0.258 e. The predicted octanol–water partition coefficient (Wildman–Crippen LogP) is 4.47. The van der Waals surface area contributed by atoms with Crippen molar-refractivity contribution in [3.05, 3.63) is 66.0 Å². The van der Waals surface area contributed by atoms with E-state index in [0.717, 1.165) is 27.8 Å². The Bertz CT molecular complexity index is 1120. The summed E-state index contributed by atoms with van der Waals surface area (Å²) >= 11 is 0. The molecule has 0 bridgehead atoms. The second-order valence-electron chi connectivity index (χ2n) is 5.80. The average Bonchev–Trinajstić information content (AvgIpc) is 3.20. The van der Waals surface area contributed by atoms with E-state index in [2.05, 4.69) is 15.1 Å². The number of rotatable bonds is 5. The van der Waals surface area contributed by atoms with Gasteiger partial charge in [0.2, 0.25) is 5.88 Å². The van der Waals surface area contributed by atoms with Gasteiger partial charge in [0.15, 0.2) is 5.82 Å². The van der Waals surface area contributed by atoms with Crippen LogP contribution in [0.3, 0.4) is 0 Å². The van der Waals surface area contributed by atoms with Gasteiger partial charge in [0.25, 0.3) is 5.89 Å². The monoisotopic (exact) mass is 359 g/mol. The lowest BCUT2D eigenvalue weighted by Crippen LogP contribution is -1.92. The van der Waals surface area contributed by atoms with E-state index in [1.54, 1.807) is 20.3 Å². The molecule has 0 aliphatic carbocycles. The smallest absolute Gasteiger partial charge is 0.258 e. The van der Waals surface area contributed by atoms with E-state index >= 15 is 0 Å². The third-order valence-corrected chi connectivity index (χ3v) is 4.08. The number of benzene rings is 2. The van der Waals surface area contributed by atoms with E-state index in [1.165, 1.54) is 0 Å². The van der Waals surface area contributed by atoms with Gasteiger partial charge in [-0.25, -0.2) is 4.98 Å². The van der Waals surface area contributed by atoms with Crippen molar-refractivity contribution in [1.29, 1.82) is 0 Å². The zero-order valence-corrected chi connectivity index (χ0v) is 14.9. The topological polar surface area (TPSA) is 70.3 Å². The molecule has 0 atom stereocenters. The molecule has 4 rings (SSSR count). The summed E-state index contributed by atoms with van der Waals surface area (Å²) in [5, 5.41) is 5.04. The lowest BCUT2D eigenvalue weighted by atomic mass is 10.1. The first kappa shape index (κ1) is 16.8. The maximum absolute atomic E-state index is 5.40. The molecule has 27 heavy (non-hydrogen) atoms. The molecule has 0 saturated heterocycles. The first-order valence-electron chi connectivity index (χ1n) is 8.37. The summed E-state index contributed by atoms with van der Waals surface area (Å²) in [6.45, 7) is 0. The molecular formula is C21H17N3O3. The van der Waals surface area contributed by atoms with Crippen LogP contribution in [-0.4, -0.2) is 29.3 Å². The van der Waals surface area contributed by atoms with Gasteiger partial charge in [0.05, 0.1) is 19.7 Å². The van der Waals surface area contributed by atoms with E-state index in [-0.39, 0.29) is 0 Å². The van der Waals surface area contributed by atoms with Crippen molar-refractivity contribution in [2.75, 3.05) is 14.2 Å². The molecule has 2 aromatic heterocycles. The first-order chi connectivity index (χ1) is 13.3. The molecule has 0 spiro atoms. The van der Waals surface area contributed by atoms with Crippen molar-refractivity contribution in [3.63, 3.8) is 0 Å². The van der Waals surface area contributed by atoms with Crippen LogP contribution in [0.15, 0.2) is 59.1 Å². The van der Waals surface area contributed by atoms with Crippen LogP contribution in [0, 0.1) is 0 Å². The van der Waals surface area contributed by atoms with Crippen LogP contribution >= 0.6 is 0 Å². The molecule has 0 N–H and O–H groups in total. The zero-order valence-electron chi connectivity index (χ0n) is 14.9. The van der Waals surface area contributed by atoms with Gasteiger partial charge in [-0.05, 0) is 42.5 Å². The highest BCUT2D eigenvalue weighted by Crippen LogP contribution is 2.25. The van der Waals surface area contributed by atoms with Crippen molar-refractivity contribution in [2.24, 2.45) is 0 Å². The Hall–Kier alpha value is -3.67. The van der Waals surface area contributed by atoms with Crippen LogP contribution in [0.4, 0.5) is 0 Å². The van der Waals surface area contributed by atoms with Gasteiger partial charge in [0.1, 0.15) is 5.75 Å². The normalized spacial score (nSPS) is 11.2. The van der Waals surface area contributed by atoms with Crippen molar-refractivity contribution in [1.82, 2.24) is 15.1 Å². The molecule has 6 nitrogen and oxygen atoms in total. The molecule has 0 amide bonds. The van der Waals surface area contributed by atoms with Gasteiger partial charge >= 0.3 is 0 Å². The fraction of sp³-hybridized carbons (Fsp3) is 0.0952. The van der Waals surface area contributed by atoms with E-state index in [1.807, 2.05) is 60.7 Å². The van der Waals surface area contributed by atoms with Crippen LogP contribution in [0.25, 0.3) is 34.5 Å². The number of pyridine rings is 1. The number of hydrogen-bond acceptors (Lipinski definition) is 6. The summed E-state index contributed by atoms with van der Waals surface area (Å²) in [4.78, 5) is 8.93. The highest BCUT2D eigenvalue weighted by molar-refractivity contribution is 5.84. The van der Waals surface area contributed by atoms with Crippen molar-refractivity contribution >= 4 is 23.1 Å². The van der Waals surface area contributed by atoms with Gasteiger partial charge in [-0.2, -0.15) is 4.98 Å². The number of para-hydroxylation sites is 1. The number of hydrogen-bond donors (Lipinski definition) is 0. The predicted molar refractivity (Wildman–Crippen MR) is 104 cm³/mol. The van der Waals surface area contributed by atoms with Crippen LogP contribution in [-0.2, 0) is 0 Å². The van der Waals surface area contributed by atoms with Crippen molar-refractivity contribution in [3.8, 4) is 23.1 Å². The van der Waals surface area contributed by atoms with E-state index in [0.29, 0.717) is 17.6 Å². The van der Waals surface area contributed by atoms with E-state index in [4.69, 9.17) is 14.0 Å².